The maximum absolute atomic E-state index is 11.6. The summed E-state index contributed by atoms with van der Waals surface area (Å²) in [4.78, 5) is 27.4. The fourth-order valence-electron chi connectivity index (χ4n) is 2.97. The highest BCUT2D eigenvalue weighted by atomic mass is 16.5. The van der Waals surface area contributed by atoms with E-state index >= 15 is 0 Å². The first-order chi connectivity index (χ1) is 15.1. The summed E-state index contributed by atoms with van der Waals surface area (Å²) in [7, 11) is 0. The second kappa shape index (κ2) is 13.3. The van der Waals surface area contributed by atoms with Crippen molar-refractivity contribution in [2.75, 3.05) is 41.8 Å². The Morgan fingerprint density at radius 1 is 0.935 bits per heavy atom. The molecule has 0 bridgehead atoms. The fraction of sp³-hybridized carbons (Fsp3) is 0.545. The van der Waals surface area contributed by atoms with Crippen LogP contribution in [0.5, 0.6) is 0 Å². The van der Waals surface area contributed by atoms with Crippen molar-refractivity contribution in [1.29, 1.82) is 0 Å². The van der Waals surface area contributed by atoms with Gasteiger partial charge in [0.2, 0.25) is 17.8 Å². The molecule has 0 saturated heterocycles. The van der Waals surface area contributed by atoms with Gasteiger partial charge in [0.15, 0.2) is 0 Å². The van der Waals surface area contributed by atoms with Gasteiger partial charge in [-0.3, -0.25) is 0 Å². The number of nitrogens with one attached hydrogen (secondary N) is 3. The van der Waals surface area contributed by atoms with E-state index in [-0.39, 0.29) is 0 Å². The van der Waals surface area contributed by atoms with Crippen molar-refractivity contribution in [2.24, 2.45) is 0 Å². The van der Waals surface area contributed by atoms with Crippen molar-refractivity contribution in [3.63, 3.8) is 0 Å². The van der Waals surface area contributed by atoms with Gasteiger partial charge in [0.1, 0.15) is 0 Å². The summed E-state index contributed by atoms with van der Waals surface area (Å²) < 4.78 is 4.94. The maximum Gasteiger partial charge on any atom is 0.407 e. The van der Waals surface area contributed by atoms with Crippen LogP contribution >= 0.6 is 0 Å². The lowest BCUT2D eigenvalue weighted by Crippen LogP contribution is -2.26. The van der Waals surface area contributed by atoms with Crippen LogP contribution in [0.25, 0.3) is 0 Å². The lowest BCUT2D eigenvalue weighted by Gasteiger charge is -2.20. The summed E-state index contributed by atoms with van der Waals surface area (Å²) in [5.74, 6) is 1.74. The Morgan fingerprint density at radius 3 is 2.19 bits per heavy atom. The number of carbonyl (C=O) groups is 1. The highest BCUT2D eigenvalue weighted by Crippen LogP contribution is 2.16. The highest BCUT2D eigenvalue weighted by Gasteiger charge is 2.12. The molecule has 0 fully saturated rings. The van der Waals surface area contributed by atoms with E-state index in [9.17, 15) is 4.79 Å². The van der Waals surface area contributed by atoms with Gasteiger partial charge in [-0.25, -0.2) is 4.79 Å². The van der Waals surface area contributed by atoms with Crippen LogP contribution < -0.4 is 20.9 Å². The molecule has 0 spiro atoms. The molecule has 9 nitrogen and oxygen atoms in total. The molecule has 1 aromatic carbocycles. The number of anilines is 3. The SMILES string of the molecule is CCCCNc1nc(NCc2ccccc2CNC(=O)OCC)nc(N(CC)CC)n1. The minimum Gasteiger partial charge on any atom is -0.450 e. The lowest BCUT2D eigenvalue weighted by molar-refractivity contribution is 0.151. The molecule has 0 aliphatic carbocycles. The van der Waals surface area contributed by atoms with Crippen molar-refractivity contribution in [3.05, 3.63) is 35.4 Å². The van der Waals surface area contributed by atoms with Crippen LogP contribution in [-0.4, -0.2) is 47.3 Å². The number of unbranched alkanes of at least 4 members (excludes halogenated alkanes) is 1. The average molecular weight is 430 g/mol. The standard InChI is InChI=1S/C22H35N7O2/c1-5-9-14-23-19-26-20(28-21(27-19)29(6-2)7-3)24-15-17-12-10-11-13-18(17)16-25-22(30)31-8-4/h10-13H,5-9,14-16H2,1-4H3,(H,25,30)(H2,23,24,26,27,28). The van der Waals surface area contributed by atoms with Crippen LogP contribution in [0.3, 0.4) is 0 Å². The number of nitrogens with zero attached hydrogens (tertiary/aromatic N) is 4. The van der Waals surface area contributed by atoms with Crippen LogP contribution in [0.1, 0.15) is 51.7 Å². The number of amides is 1. The molecule has 2 aromatic rings. The predicted octanol–water partition coefficient (Wildman–Crippen LogP) is 3.79. The highest BCUT2D eigenvalue weighted by molar-refractivity contribution is 5.67. The van der Waals surface area contributed by atoms with E-state index in [0.717, 1.165) is 43.6 Å². The monoisotopic (exact) mass is 429 g/mol. The zero-order valence-electron chi connectivity index (χ0n) is 19.1. The lowest BCUT2D eigenvalue weighted by atomic mass is 10.1. The average Bonchev–Trinajstić information content (AvgIpc) is 2.78. The number of aromatic nitrogens is 3. The molecule has 0 aliphatic heterocycles. The van der Waals surface area contributed by atoms with Crippen molar-refractivity contribution < 1.29 is 9.53 Å². The number of hydrogen-bond acceptors (Lipinski definition) is 8. The molecule has 0 radical (unpaired) electrons. The van der Waals surface area contributed by atoms with Gasteiger partial charge in [-0.05, 0) is 38.3 Å². The Morgan fingerprint density at radius 2 is 1.58 bits per heavy atom. The molecule has 2 rings (SSSR count). The smallest absolute Gasteiger partial charge is 0.407 e. The molecule has 31 heavy (non-hydrogen) atoms. The minimum atomic E-state index is -0.422. The van der Waals surface area contributed by atoms with Crippen LogP contribution in [0.4, 0.5) is 22.6 Å². The summed E-state index contributed by atoms with van der Waals surface area (Å²) in [5.41, 5.74) is 2.05. The molecule has 0 unspecified atom stereocenters. The molecular weight excluding hydrogens is 394 g/mol. The van der Waals surface area contributed by atoms with Gasteiger partial charge < -0.3 is 25.6 Å². The van der Waals surface area contributed by atoms with E-state index in [1.165, 1.54) is 0 Å². The third-order valence-corrected chi connectivity index (χ3v) is 4.74. The van der Waals surface area contributed by atoms with Crippen molar-refractivity contribution in [3.8, 4) is 0 Å². The molecule has 1 heterocycles. The van der Waals surface area contributed by atoms with Gasteiger partial charge in [0.25, 0.3) is 0 Å². The Bertz CT molecular complexity index is 812. The third-order valence-electron chi connectivity index (χ3n) is 4.74. The van der Waals surface area contributed by atoms with Gasteiger partial charge in [-0.1, -0.05) is 37.6 Å². The van der Waals surface area contributed by atoms with E-state index in [1.807, 2.05) is 24.3 Å². The Hall–Kier alpha value is -3.10. The number of alkyl carbamates (subject to hydrolysis) is 1. The minimum absolute atomic E-state index is 0.345. The molecular formula is C22H35N7O2. The van der Waals surface area contributed by atoms with Crippen molar-refractivity contribution >= 4 is 23.9 Å². The Labute approximate surface area is 185 Å². The summed E-state index contributed by atoms with van der Waals surface area (Å²) in [6.45, 7) is 11.8. The molecule has 170 valence electrons. The van der Waals surface area contributed by atoms with E-state index in [1.54, 1.807) is 6.92 Å². The Balaban J connectivity index is 2.13. The summed E-state index contributed by atoms with van der Waals surface area (Å²) in [5, 5.41) is 9.38. The summed E-state index contributed by atoms with van der Waals surface area (Å²) in [6, 6.07) is 7.91. The zero-order chi connectivity index (χ0) is 22.5. The second-order valence-electron chi connectivity index (χ2n) is 6.93. The number of ether oxygens (including phenoxy) is 1. The molecule has 0 aliphatic rings. The number of benzene rings is 1. The Kier molecular flexibility index (Phi) is 10.3. The second-order valence-corrected chi connectivity index (χ2v) is 6.93. The maximum atomic E-state index is 11.6. The third kappa shape index (κ3) is 7.92. The van der Waals surface area contributed by atoms with E-state index in [4.69, 9.17) is 4.74 Å². The molecule has 1 aromatic heterocycles. The van der Waals surface area contributed by atoms with E-state index < -0.39 is 6.09 Å². The largest absolute Gasteiger partial charge is 0.450 e. The fourth-order valence-corrected chi connectivity index (χ4v) is 2.97. The molecule has 1 amide bonds. The van der Waals surface area contributed by atoms with Gasteiger partial charge in [-0.2, -0.15) is 15.0 Å². The van der Waals surface area contributed by atoms with Gasteiger partial charge >= 0.3 is 6.09 Å². The number of rotatable bonds is 13. The van der Waals surface area contributed by atoms with Gasteiger partial charge in [0, 0.05) is 32.7 Å². The van der Waals surface area contributed by atoms with Gasteiger partial charge in [-0.15, -0.1) is 0 Å². The number of carbonyl (C=O) groups excluding carboxylic acids is 1. The van der Waals surface area contributed by atoms with Crippen molar-refractivity contribution in [1.82, 2.24) is 20.3 Å². The van der Waals surface area contributed by atoms with Gasteiger partial charge in [0.05, 0.1) is 6.61 Å². The topological polar surface area (TPSA) is 104 Å². The summed E-state index contributed by atoms with van der Waals surface area (Å²) in [6.07, 6.45) is 1.73. The summed E-state index contributed by atoms with van der Waals surface area (Å²) >= 11 is 0. The van der Waals surface area contributed by atoms with Crippen LogP contribution in [0.15, 0.2) is 24.3 Å². The first-order valence-corrected chi connectivity index (χ1v) is 11.1. The van der Waals surface area contributed by atoms with Crippen molar-refractivity contribution in [2.45, 2.75) is 53.6 Å². The van der Waals surface area contributed by atoms with Crippen LogP contribution in [0, 0.1) is 0 Å². The first-order valence-electron chi connectivity index (χ1n) is 11.1. The quantitative estimate of drug-likeness (QED) is 0.413. The van der Waals surface area contributed by atoms with E-state index in [2.05, 4.69) is 56.6 Å². The van der Waals surface area contributed by atoms with E-state index in [0.29, 0.717) is 37.5 Å². The zero-order valence-corrected chi connectivity index (χ0v) is 19.1. The van der Waals surface area contributed by atoms with Crippen LogP contribution in [0.2, 0.25) is 0 Å². The van der Waals surface area contributed by atoms with Crippen LogP contribution in [-0.2, 0) is 17.8 Å². The molecule has 0 atom stereocenters. The first kappa shape index (κ1) is 24.2. The predicted molar refractivity (Wildman–Crippen MR) is 124 cm³/mol. The molecule has 0 saturated carbocycles. The molecule has 3 N–H and O–H groups in total. The number of hydrogen-bond donors (Lipinski definition) is 3. The molecule has 9 heteroatoms. The normalized spacial score (nSPS) is 10.5.